The third kappa shape index (κ3) is 4.59. The summed E-state index contributed by atoms with van der Waals surface area (Å²) in [6.45, 7) is 4.70. The first-order valence-electron chi connectivity index (χ1n) is 13.0. The number of rotatable bonds is 6. The molecule has 11 nitrogen and oxygen atoms in total. The fraction of sp³-hybridized carbons (Fsp3) is 0.481. The van der Waals surface area contributed by atoms with Crippen LogP contribution in [0.4, 0.5) is 16.2 Å². The Morgan fingerprint density at radius 1 is 1.36 bits per heavy atom. The standard InChI is InChI=1S/C27H32BrN5O6/c1-4-29-26(35)32-13-16-10-21(38-3)24(28)25-23(16)27(12-20(32)14-34)15(2)9-18(11-22(27)39-25)31-30-17-5-7-19(8-6-17)33(36)37/h5-8,10,15,20,22,30,34H,4,9,11-14H2,1-3H3,(H,29,35)/t15-,20+,22-,27+/m1/s1. The van der Waals surface area contributed by atoms with Gasteiger partial charge in [0.2, 0.25) is 0 Å². The van der Waals surface area contributed by atoms with E-state index in [1.54, 1.807) is 24.1 Å². The molecule has 3 N–H and O–H groups in total. The van der Waals surface area contributed by atoms with E-state index in [1.807, 2.05) is 13.0 Å². The second kappa shape index (κ2) is 10.6. The molecule has 208 valence electrons. The first-order chi connectivity index (χ1) is 18.7. The number of aliphatic hydroxyl groups excluding tert-OH is 1. The van der Waals surface area contributed by atoms with Gasteiger partial charge in [-0.3, -0.25) is 15.5 Å². The molecule has 0 saturated heterocycles. The summed E-state index contributed by atoms with van der Waals surface area (Å²) >= 11 is 3.69. The lowest BCUT2D eigenvalue weighted by molar-refractivity contribution is -0.384. The lowest BCUT2D eigenvalue weighted by Crippen LogP contribution is -2.54. The van der Waals surface area contributed by atoms with Gasteiger partial charge in [-0.25, -0.2) is 4.79 Å². The number of ether oxygens (including phenoxy) is 2. The van der Waals surface area contributed by atoms with Crippen LogP contribution in [0.5, 0.6) is 11.5 Å². The molecule has 0 bridgehead atoms. The summed E-state index contributed by atoms with van der Waals surface area (Å²) in [4.78, 5) is 25.3. The maximum Gasteiger partial charge on any atom is 0.318 e. The number of hydrogen-bond acceptors (Lipinski definition) is 8. The molecule has 12 heteroatoms. The lowest BCUT2D eigenvalue weighted by atomic mass is 9.59. The van der Waals surface area contributed by atoms with Crippen LogP contribution in [0.1, 0.15) is 44.2 Å². The highest BCUT2D eigenvalue weighted by Crippen LogP contribution is 2.60. The Morgan fingerprint density at radius 3 is 2.74 bits per heavy atom. The highest BCUT2D eigenvalue weighted by molar-refractivity contribution is 9.10. The number of nitrogens with zero attached hydrogens (tertiary/aromatic N) is 3. The predicted molar refractivity (Wildman–Crippen MR) is 149 cm³/mol. The molecule has 1 fully saturated rings. The number of hydrazone groups is 1. The van der Waals surface area contributed by atoms with Crippen LogP contribution >= 0.6 is 15.9 Å². The molecule has 1 spiro atoms. The average molecular weight is 602 g/mol. The van der Waals surface area contributed by atoms with Gasteiger partial charge in [0.25, 0.3) is 5.69 Å². The molecular weight excluding hydrogens is 570 g/mol. The Bertz CT molecular complexity index is 1320. The number of halogens is 1. The molecule has 2 aromatic carbocycles. The number of carbonyl (C=O) groups is 1. The minimum atomic E-state index is -0.444. The minimum Gasteiger partial charge on any atom is -0.495 e. The molecule has 2 heterocycles. The summed E-state index contributed by atoms with van der Waals surface area (Å²) in [7, 11) is 1.60. The van der Waals surface area contributed by atoms with E-state index in [2.05, 4.69) is 38.7 Å². The number of anilines is 1. The Kier molecular flexibility index (Phi) is 7.43. The summed E-state index contributed by atoms with van der Waals surface area (Å²) in [5, 5.41) is 29.0. The average Bonchev–Trinajstić information content (AvgIpc) is 3.18. The fourth-order valence-electron chi connectivity index (χ4n) is 6.38. The van der Waals surface area contributed by atoms with E-state index in [-0.39, 0.29) is 30.3 Å². The van der Waals surface area contributed by atoms with Crippen LogP contribution in [0.2, 0.25) is 0 Å². The molecule has 5 rings (SSSR count). The van der Waals surface area contributed by atoms with E-state index >= 15 is 0 Å². The zero-order valence-electron chi connectivity index (χ0n) is 22.1. The summed E-state index contributed by atoms with van der Waals surface area (Å²) in [5.41, 5.74) is 6.20. The molecule has 2 aliphatic heterocycles. The summed E-state index contributed by atoms with van der Waals surface area (Å²) in [5.74, 6) is 1.43. The maximum atomic E-state index is 13.1. The van der Waals surface area contributed by atoms with Gasteiger partial charge >= 0.3 is 6.03 Å². The van der Waals surface area contributed by atoms with E-state index < -0.39 is 16.4 Å². The van der Waals surface area contributed by atoms with Crippen LogP contribution in [-0.2, 0) is 12.0 Å². The zero-order valence-corrected chi connectivity index (χ0v) is 23.7. The van der Waals surface area contributed by atoms with E-state index in [0.29, 0.717) is 43.8 Å². The SMILES string of the molecule is CCNC(=O)N1Cc2cc(OC)c(Br)c3c2[C@@]2(C[C@H]1CO)[C@H](C)CC(=NNc1ccc([N+](=O)[O-])cc1)C[C@H]2O3. The number of carbonyl (C=O) groups excluding carboxylic acids is 1. The van der Waals surface area contributed by atoms with Crippen molar-refractivity contribution in [2.45, 2.75) is 57.2 Å². The third-order valence-electron chi connectivity index (χ3n) is 8.21. The quantitative estimate of drug-likeness (QED) is 0.326. The molecule has 2 amide bonds. The van der Waals surface area contributed by atoms with Crippen LogP contribution in [0.25, 0.3) is 0 Å². The van der Waals surface area contributed by atoms with Gasteiger partial charge in [-0.15, -0.1) is 0 Å². The second-order valence-electron chi connectivity index (χ2n) is 10.3. The van der Waals surface area contributed by atoms with Gasteiger partial charge < -0.3 is 24.8 Å². The van der Waals surface area contributed by atoms with Crippen LogP contribution in [0, 0.1) is 16.0 Å². The number of nitrogens with one attached hydrogen (secondary N) is 2. The largest absolute Gasteiger partial charge is 0.495 e. The van der Waals surface area contributed by atoms with Gasteiger partial charge in [-0.2, -0.15) is 5.10 Å². The second-order valence-corrected chi connectivity index (χ2v) is 11.1. The van der Waals surface area contributed by atoms with Gasteiger partial charge in [-0.05, 0) is 65.4 Å². The fourth-order valence-corrected chi connectivity index (χ4v) is 6.95. The number of methoxy groups -OCH3 is 1. The minimum absolute atomic E-state index is 0.0174. The zero-order chi connectivity index (χ0) is 27.9. The molecule has 0 aromatic heterocycles. The topological polar surface area (TPSA) is 139 Å². The number of hydrogen-bond donors (Lipinski definition) is 3. The van der Waals surface area contributed by atoms with Crippen molar-refractivity contribution in [3.8, 4) is 11.5 Å². The molecule has 1 aliphatic carbocycles. The van der Waals surface area contributed by atoms with Crippen molar-refractivity contribution in [1.29, 1.82) is 0 Å². The number of benzene rings is 2. The van der Waals surface area contributed by atoms with Gasteiger partial charge in [0.05, 0.1) is 30.4 Å². The smallest absolute Gasteiger partial charge is 0.318 e. The first kappa shape index (κ1) is 27.2. The Labute approximate surface area is 234 Å². The predicted octanol–water partition coefficient (Wildman–Crippen LogP) is 4.56. The van der Waals surface area contributed by atoms with Crippen molar-refractivity contribution < 1.29 is 24.3 Å². The number of urea groups is 1. The Morgan fingerprint density at radius 2 is 2.10 bits per heavy atom. The van der Waals surface area contributed by atoms with Crippen LogP contribution in [-0.4, -0.2) is 59.1 Å². The van der Waals surface area contributed by atoms with Gasteiger partial charge in [0, 0.05) is 48.3 Å². The Hall–Kier alpha value is -3.38. The van der Waals surface area contributed by atoms with Crippen molar-refractivity contribution in [1.82, 2.24) is 10.2 Å². The van der Waals surface area contributed by atoms with E-state index in [4.69, 9.17) is 9.47 Å². The van der Waals surface area contributed by atoms with Crippen molar-refractivity contribution in [3.63, 3.8) is 0 Å². The maximum absolute atomic E-state index is 13.1. The highest BCUT2D eigenvalue weighted by atomic mass is 79.9. The lowest BCUT2D eigenvalue weighted by Gasteiger charge is -2.45. The Balaban J connectivity index is 1.52. The van der Waals surface area contributed by atoms with Crippen LogP contribution in [0.3, 0.4) is 0 Å². The van der Waals surface area contributed by atoms with E-state index in [9.17, 15) is 20.0 Å². The summed E-state index contributed by atoms with van der Waals surface area (Å²) in [6, 6.07) is 7.48. The number of nitro benzene ring substituents is 1. The van der Waals surface area contributed by atoms with E-state index in [1.165, 1.54) is 12.1 Å². The summed E-state index contributed by atoms with van der Waals surface area (Å²) < 4.78 is 13.1. The molecular formula is C27H32BrN5O6. The highest BCUT2D eigenvalue weighted by Gasteiger charge is 2.59. The molecule has 39 heavy (non-hydrogen) atoms. The molecule has 0 radical (unpaired) electrons. The number of aliphatic hydroxyl groups is 1. The molecule has 0 unspecified atom stereocenters. The van der Waals surface area contributed by atoms with Gasteiger partial charge in [0.15, 0.2) is 0 Å². The van der Waals surface area contributed by atoms with Crippen molar-refractivity contribution in [3.05, 3.63) is 56.0 Å². The number of non-ortho nitro benzene ring substituents is 1. The van der Waals surface area contributed by atoms with E-state index in [0.717, 1.165) is 27.1 Å². The van der Waals surface area contributed by atoms with Crippen molar-refractivity contribution >= 4 is 39.0 Å². The monoisotopic (exact) mass is 601 g/mol. The molecule has 1 saturated carbocycles. The molecule has 3 aliphatic rings. The van der Waals surface area contributed by atoms with Crippen molar-refractivity contribution in [2.75, 3.05) is 25.7 Å². The van der Waals surface area contributed by atoms with Gasteiger partial charge in [0.1, 0.15) is 22.1 Å². The first-order valence-corrected chi connectivity index (χ1v) is 13.8. The number of nitro groups is 1. The van der Waals surface area contributed by atoms with Gasteiger partial charge in [-0.1, -0.05) is 6.92 Å². The van der Waals surface area contributed by atoms with Crippen LogP contribution < -0.4 is 20.2 Å². The molecule has 2 aromatic rings. The van der Waals surface area contributed by atoms with Crippen LogP contribution in [0.15, 0.2) is 39.9 Å². The van der Waals surface area contributed by atoms with Crippen molar-refractivity contribution in [2.24, 2.45) is 11.0 Å². The summed E-state index contributed by atoms with van der Waals surface area (Å²) in [6.07, 6.45) is 1.52. The normalized spacial score (nSPS) is 26.2. The molecule has 4 atom stereocenters. The number of amides is 2. The third-order valence-corrected chi connectivity index (χ3v) is 8.96.